The van der Waals surface area contributed by atoms with Crippen molar-refractivity contribution in [2.75, 3.05) is 19.7 Å². The first-order valence-corrected chi connectivity index (χ1v) is 8.18. The number of rotatable bonds is 3. The molecule has 2 aromatic rings. The molecule has 1 aromatic carbocycles. The predicted octanol–water partition coefficient (Wildman–Crippen LogP) is 2.45. The maximum absolute atomic E-state index is 12.1. The van der Waals surface area contributed by atoms with E-state index in [0.29, 0.717) is 19.6 Å². The maximum atomic E-state index is 12.1. The first-order valence-electron chi connectivity index (χ1n) is 8.18. The highest BCUT2D eigenvalue weighted by molar-refractivity contribution is 5.78. The zero-order chi connectivity index (χ0) is 16.7. The van der Waals surface area contributed by atoms with Crippen LogP contribution in [0.3, 0.4) is 0 Å². The Hall–Kier alpha value is -2.40. The van der Waals surface area contributed by atoms with Crippen LogP contribution in [0.1, 0.15) is 22.9 Å². The van der Waals surface area contributed by atoms with Gasteiger partial charge in [0.15, 0.2) is 0 Å². The van der Waals surface area contributed by atoms with Crippen LogP contribution in [-0.2, 0) is 11.3 Å². The third kappa shape index (κ3) is 2.36. The number of fused-ring (bicyclic) bond motifs is 3. The summed E-state index contributed by atoms with van der Waals surface area (Å²) in [7, 11) is 0. The lowest BCUT2D eigenvalue weighted by Gasteiger charge is -2.35. The molecule has 0 aliphatic carbocycles. The molecule has 4 rings (SSSR count). The van der Waals surface area contributed by atoms with Gasteiger partial charge < -0.3 is 9.84 Å². The van der Waals surface area contributed by atoms with Crippen molar-refractivity contribution >= 4 is 5.97 Å². The van der Waals surface area contributed by atoms with Crippen LogP contribution in [0.4, 0.5) is 0 Å². The van der Waals surface area contributed by atoms with E-state index in [2.05, 4.69) is 9.88 Å². The summed E-state index contributed by atoms with van der Waals surface area (Å²) in [6.07, 6.45) is 0. The van der Waals surface area contributed by atoms with Gasteiger partial charge in [-0.3, -0.25) is 14.7 Å². The van der Waals surface area contributed by atoms with E-state index in [9.17, 15) is 9.90 Å². The fourth-order valence-corrected chi connectivity index (χ4v) is 3.97. The van der Waals surface area contributed by atoms with Crippen molar-refractivity contribution in [3.63, 3.8) is 0 Å². The van der Waals surface area contributed by atoms with Gasteiger partial charge in [-0.15, -0.1) is 0 Å². The number of ether oxygens (including phenoxy) is 1. The molecule has 1 aromatic heterocycles. The number of pyridine rings is 1. The van der Waals surface area contributed by atoms with Crippen LogP contribution >= 0.6 is 0 Å². The van der Waals surface area contributed by atoms with Gasteiger partial charge in [0.25, 0.3) is 0 Å². The second-order valence-electron chi connectivity index (χ2n) is 6.78. The van der Waals surface area contributed by atoms with E-state index in [4.69, 9.17) is 4.74 Å². The van der Waals surface area contributed by atoms with E-state index in [1.165, 1.54) is 0 Å². The lowest BCUT2D eigenvalue weighted by molar-refractivity contribution is -0.151. The Morgan fingerprint density at radius 3 is 2.96 bits per heavy atom. The number of para-hydroxylation sites is 1. The second kappa shape index (κ2) is 5.60. The maximum Gasteiger partial charge on any atom is 0.315 e. The molecule has 1 saturated heterocycles. The third-order valence-electron chi connectivity index (χ3n) is 5.15. The molecule has 24 heavy (non-hydrogen) atoms. The molecule has 1 N–H and O–H groups in total. The minimum Gasteiger partial charge on any atom is -0.492 e. The summed E-state index contributed by atoms with van der Waals surface area (Å²) in [4.78, 5) is 18.8. The zero-order valence-electron chi connectivity index (χ0n) is 13.6. The molecule has 0 unspecified atom stereocenters. The van der Waals surface area contributed by atoms with Crippen LogP contribution in [-0.4, -0.2) is 40.7 Å². The Balaban J connectivity index is 1.65. The molecule has 2 aliphatic heterocycles. The van der Waals surface area contributed by atoms with Crippen molar-refractivity contribution in [1.29, 1.82) is 0 Å². The lowest BCUT2D eigenvalue weighted by Crippen LogP contribution is -2.45. The number of hydrogen-bond acceptors (Lipinski definition) is 4. The first kappa shape index (κ1) is 15.1. The van der Waals surface area contributed by atoms with E-state index >= 15 is 0 Å². The first-order chi connectivity index (χ1) is 11.6. The summed E-state index contributed by atoms with van der Waals surface area (Å²) < 4.78 is 5.80. The molecule has 0 saturated carbocycles. The molecule has 1 fully saturated rings. The van der Waals surface area contributed by atoms with E-state index in [1.807, 2.05) is 49.4 Å². The third-order valence-corrected chi connectivity index (χ3v) is 5.15. The lowest BCUT2D eigenvalue weighted by atomic mass is 9.73. The fourth-order valence-electron chi connectivity index (χ4n) is 3.97. The van der Waals surface area contributed by atoms with Crippen LogP contribution in [0.15, 0.2) is 42.5 Å². The molecule has 0 bridgehead atoms. The number of aryl methyl sites for hydroxylation is 1. The minimum atomic E-state index is -0.877. The standard InChI is InChI=1S/C19H20N2O3/c1-13-5-4-6-14(20-13)9-21-10-16-15-7-2-3-8-17(15)24-12-19(16,11-21)18(22)23/h2-8,16H,9-12H2,1H3,(H,22,23)/t16-,19-/m1/s1. The highest BCUT2D eigenvalue weighted by Gasteiger charge is 2.56. The molecule has 5 nitrogen and oxygen atoms in total. The van der Waals surface area contributed by atoms with Crippen molar-refractivity contribution in [3.8, 4) is 5.75 Å². The topological polar surface area (TPSA) is 62.7 Å². The minimum absolute atomic E-state index is 0.0511. The van der Waals surface area contributed by atoms with Crippen molar-refractivity contribution in [3.05, 3.63) is 59.4 Å². The number of carbonyl (C=O) groups is 1. The average Bonchev–Trinajstić information content (AvgIpc) is 2.95. The van der Waals surface area contributed by atoms with Gasteiger partial charge in [-0.2, -0.15) is 0 Å². The smallest absolute Gasteiger partial charge is 0.315 e. The van der Waals surface area contributed by atoms with Gasteiger partial charge >= 0.3 is 5.97 Å². The highest BCUT2D eigenvalue weighted by atomic mass is 16.5. The Labute approximate surface area is 140 Å². The fraction of sp³-hybridized carbons (Fsp3) is 0.368. The Morgan fingerprint density at radius 2 is 2.17 bits per heavy atom. The van der Waals surface area contributed by atoms with E-state index in [1.54, 1.807) is 0 Å². The number of likely N-dealkylation sites (tertiary alicyclic amines) is 1. The molecule has 5 heteroatoms. The van der Waals surface area contributed by atoms with Gasteiger partial charge in [-0.25, -0.2) is 0 Å². The number of aromatic nitrogens is 1. The summed E-state index contributed by atoms with van der Waals surface area (Å²) in [5.41, 5.74) is 2.08. The number of carboxylic acid groups (broad SMARTS) is 1. The van der Waals surface area contributed by atoms with Crippen molar-refractivity contribution < 1.29 is 14.6 Å². The monoisotopic (exact) mass is 324 g/mol. The van der Waals surface area contributed by atoms with Crippen molar-refractivity contribution in [1.82, 2.24) is 9.88 Å². The summed E-state index contributed by atoms with van der Waals surface area (Å²) in [5, 5.41) is 9.93. The summed E-state index contributed by atoms with van der Waals surface area (Å²) in [5.74, 6) is -0.0126. The molecular formula is C19H20N2O3. The van der Waals surface area contributed by atoms with Crippen molar-refractivity contribution in [2.24, 2.45) is 5.41 Å². The molecule has 2 aliphatic rings. The normalized spacial score (nSPS) is 25.6. The summed E-state index contributed by atoms with van der Waals surface area (Å²) in [6, 6.07) is 13.7. The molecule has 2 atom stereocenters. The molecule has 124 valence electrons. The van der Waals surface area contributed by atoms with Gasteiger partial charge in [0.05, 0.1) is 5.69 Å². The quantitative estimate of drug-likeness (QED) is 0.939. The van der Waals surface area contributed by atoms with Crippen LogP contribution in [0.5, 0.6) is 5.75 Å². The number of aliphatic carboxylic acids is 1. The highest BCUT2D eigenvalue weighted by Crippen LogP contribution is 2.49. The zero-order valence-corrected chi connectivity index (χ0v) is 13.6. The van der Waals surface area contributed by atoms with Gasteiger partial charge in [0.2, 0.25) is 0 Å². The van der Waals surface area contributed by atoms with Crippen LogP contribution in [0, 0.1) is 12.3 Å². The molecule has 0 spiro atoms. The average molecular weight is 324 g/mol. The van der Waals surface area contributed by atoms with Crippen LogP contribution < -0.4 is 4.74 Å². The Kier molecular flexibility index (Phi) is 3.53. The number of hydrogen-bond donors (Lipinski definition) is 1. The van der Waals surface area contributed by atoms with E-state index in [0.717, 1.165) is 22.7 Å². The second-order valence-corrected chi connectivity index (χ2v) is 6.78. The number of nitrogens with zero attached hydrogens (tertiary/aromatic N) is 2. The van der Waals surface area contributed by atoms with Gasteiger partial charge in [-0.05, 0) is 30.7 Å². The number of benzene rings is 1. The van der Waals surface area contributed by atoms with Gasteiger partial charge in [0.1, 0.15) is 17.8 Å². The van der Waals surface area contributed by atoms with E-state index < -0.39 is 11.4 Å². The Bertz CT molecular complexity index is 792. The largest absolute Gasteiger partial charge is 0.492 e. The van der Waals surface area contributed by atoms with Crippen LogP contribution in [0.2, 0.25) is 0 Å². The Morgan fingerprint density at radius 1 is 1.33 bits per heavy atom. The van der Waals surface area contributed by atoms with Gasteiger partial charge in [0, 0.05) is 31.2 Å². The van der Waals surface area contributed by atoms with Crippen molar-refractivity contribution in [2.45, 2.75) is 19.4 Å². The predicted molar refractivity (Wildman–Crippen MR) is 89.0 cm³/mol. The molecule has 0 radical (unpaired) electrons. The number of carboxylic acids is 1. The molecular weight excluding hydrogens is 304 g/mol. The van der Waals surface area contributed by atoms with E-state index in [-0.39, 0.29) is 12.5 Å². The van der Waals surface area contributed by atoms with Crippen LogP contribution in [0.25, 0.3) is 0 Å². The summed E-state index contributed by atoms with van der Waals surface area (Å²) >= 11 is 0. The summed E-state index contributed by atoms with van der Waals surface area (Å²) in [6.45, 7) is 4.05. The van der Waals surface area contributed by atoms with Gasteiger partial charge in [-0.1, -0.05) is 24.3 Å². The molecule has 3 heterocycles. The SMILES string of the molecule is Cc1cccc(CN2C[C@@H]3c4ccccc4OC[C@]3(C(=O)O)C2)n1. The molecule has 0 amide bonds.